The molecule has 0 bridgehead atoms. The van der Waals surface area contributed by atoms with Crippen molar-refractivity contribution in [2.45, 2.75) is 130 Å². The van der Waals surface area contributed by atoms with Crippen molar-refractivity contribution in [2.75, 3.05) is 19.8 Å². The van der Waals surface area contributed by atoms with E-state index >= 15 is 0 Å². The van der Waals surface area contributed by atoms with Gasteiger partial charge < -0.3 is 124 Å². The van der Waals surface area contributed by atoms with Crippen LogP contribution >= 0.6 is 0 Å². The summed E-state index contributed by atoms with van der Waals surface area (Å²) in [7, 11) is 0. The van der Waals surface area contributed by atoms with Crippen LogP contribution in [0.15, 0.2) is 39.5 Å². The van der Waals surface area contributed by atoms with Crippen molar-refractivity contribution in [3.63, 3.8) is 0 Å². The summed E-state index contributed by atoms with van der Waals surface area (Å²) in [5.41, 5.74) is -1.74. The molecule has 65 heavy (non-hydrogen) atoms. The molecular weight excluding hydrogens is 884 g/mol. The van der Waals surface area contributed by atoms with Crippen LogP contribution in [-0.2, 0) is 33.2 Å². The Morgan fingerprint density at radius 1 is 0.554 bits per heavy atom. The van der Waals surface area contributed by atoms with Crippen molar-refractivity contribution < 1.29 is 124 Å². The predicted molar refractivity (Wildman–Crippen MR) is 205 cm³/mol. The second-order valence-electron chi connectivity index (χ2n) is 15.9. The fourth-order valence-corrected chi connectivity index (χ4v) is 7.77. The molecule has 1 aromatic heterocycles. The maximum atomic E-state index is 14.2. The predicted octanol–water partition coefficient (Wildman–Crippen LogP) is -6.04. The fourth-order valence-electron chi connectivity index (χ4n) is 7.77. The molecule has 5 heterocycles. The highest BCUT2D eigenvalue weighted by molar-refractivity contribution is 5.88. The number of phenols is 4. The molecule has 0 amide bonds. The summed E-state index contributed by atoms with van der Waals surface area (Å²) < 4.78 is 51.6. The number of rotatable bonds is 12. The molecule has 26 nitrogen and oxygen atoms in total. The van der Waals surface area contributed by atoms with Crippen molar-refractivity contribution in [3.05, 3.63) is 40.6 Å². The highest BCUT2D eigenvalue weighted by Crippen LogP contribution is 2.41. The molecule has 0 saturated carbocycles. The Kier molecular flexibility index (Phi) is 14.7. The van der Waals surface area contributed by atoms with Gasteiger partial charge in [-0.3, -0.25) is 4.79 Å². The monoisotopic (exact) mass is 934 g/mol. The maximum Gasteiger partial charge on any atom is 0.239 e. The van der Waals surface area contributed by atoms with Gasteiger partial charge in [0.1, 0.15) is 108 Å². The summed E-state index contributed by atoms with van der Waals surface area (Å²) in [4.78, 5) is 14.2. The number of aliphatic hydroxyl groups is 12. The Labute approximate surface area is 364 Å². The molecule has 4 aliphatic heterocycles. The van der Waals surface area contributed by atoms with Crippen molar-refractivity contribution in [1.82, 2.24) is 0 Å². The molecule has 4 aliphatic rings. The van der Waals surface area contributed by atoms with E-state index in [9.17, 15) is 86.5 Å². The van der Waals surface area contributed by atoms with Crippen LogP contribution in [0.3, 0.4) is 0 Å². The molecule has 26 heteroatoms. The fraction of sp³-hybridized carbons (Fsp3) is 0.615. The standard InChI is InChI=1S/C39H50O26/c1-10-21(46)26(51)30(55)36(58-10)57-9-19-24(49)27(52)31(56)37(62-19)64-34-28(53)22(47)18(8-41)61-39(34)65-35-29(54)23(48)17(7-40)60-38(35)63-33-25(50)20-15(45)5-12(42)6-16(20)59-32(33)11-2-3-13(43)14(44)4-11/h2-6,10,17-19,21-24,26-31,34-49,51-56H,7-9H2,1H3/t10-,17?,18?,19?,21-,22?,23?,24?,26+,27?,28?,29?,30+,31?,34?,35?,36+,37?,38?,39?/m0/s1. The molecule has 3 aromatic rings. The third-order valence-corrected chi connectivity index (χ3v) is 11.5. The molecular formula is C39H50O26. The lowest BCUT2D eigenvalue weighted by atomic mass is 9.96. The Hall–Kier alpha value is -4.11. The molecule has 2 aromatic carbocycles. The molecule has 7 rings (SSSR count). The SMILES string of the molecule is C[C@@H]1O[C@@H](OCC2OC(OC3C(OC4C(Oc5c(-c6ccc(O)c(O)c6)oc6cc(O)cc(O)c6c5=O)OC(CO)C(O)C4O)OC(CO)C(O)C3O)C(O)C(O)C2O)[C@H](O)[C@H](O)[C@H]1O. The number of phenolic OH excluding ortho intramolecular Hbond substituents is 4. The van der Waals surface area contributed by atoms with E-state index in [0.717, 1.165) is 30.3 Å². The first-order valence-electron chi connectivity index (χ1n) is 20.0. The van der Waals surface area contributed by atoms with E-state index < -0.39 is 194 Å². The Balaban J connectivity index is 1.21. The van der Waals surface area contributed by atoms with Crippen LogP contribution in [0.5, 0.6) is 28.7 Å². The van der Waals surface area contributed by atoms with Gasteiger partial charge in [0, 0.05) is 17.7 Å². The summed E-state index contributed by atoms with van der Waals surface area (Å²) in [5, 5.41) is 168. The van der Waals surface area contributed by atoms with Crippen LogP contribution < -0.4 is 10.2 Å². The van der Waals surface area contributed by atoms with Gasteiger partial charge in [-0.05, 0) is 25.1 Å². The van der Waals surface area contributed by atoms with Gasteiger partial charge in [-0.2, -0.15) is 0 Å². The van der Waals surface area contributed by atoms with Crippen LogP contribution in [-0.4, -0.2) is 224 Å². The lowest BCUT2D eigenvalue weighted by molar-refractivity contribution is -0.391. The zero-order chi connectivity index (χ0) is 47.3. The first-order chi connectivity index (χ1) is 30.7. The van der Waals surface area contributed by atoms with Crippen molar-refractivity contribution in [2.24, 2.45) is 0 Å². The summed E-state index contributed by atoms with van der Waals surface area (Å²) in [6.07, 6.45) is -37.7. The molecule has 15 unspecified atom stereocenters. The van der Waals surface area contributed by atoms with E-state index in [4.69, 9.17) is 42.3 Å². The lowest BCUT2D eigenvalue weighted by Gasteiger charge is -2.48. The number of ether oxygens (including phenoxy) is 8. The van der Waals surface area contributed by atoms with E-state index in [0.29, 0.717) is 0 Å². The van der Waals surface area contributed by atoms with Gasteiger partial charge in [0.2, 0.25) is 17.5 Å². The zero-order valence-electron chi connectivity index (χ0n) is 33.8. The molecule has 0 spiro atoms. The third kappa shape index (κ3) is 9.43. The van der Waals surface area contributed by atoms with Crippen LogP contribution in [0.25, 0.3) is 22.3 Å². The molecule has 4 saturated heterocycles. The van der Waals surface area contributed by atoms with Crippen molar-refractivity contribution in [1.29, 1.82) is 0 Å². The topological polar surface area (TPSA) is 428 Å². The summed E-state index contributed by atoms with van der Waals surface area (Å²) in [6, 6.07) is 4.87. The van der Waals surface area contributed by atoms with Crippen LogP contribution in [0, 0.1) is 0 Å². The van der Waals surface area contributed by atoms with Crippen LogP contribution in [0.4, 0.5) is 0 Å². The highest BCUT2D eigenvalue weighted by Gasteiger charge is 2.55. The van der Waals surface area contributed by atoms with E-state index in [1.165, 1.54) is 6.92 Å². The normalized spacial score (nSPS) is 40.2. The number of hydrogen-bond acceptors (Lipinski definition) is 26. The Morgan fingerprint density at radius 2 is 1.11 bits per heavy atom. The largest absolute Gasteiger partial charge is 0.508 e. The average molecular weight is 935 g/mol. The average Bonchev–Trinajstić information content (AvgIpc) is 3.27. The molecule has 20 atom stereocenters. The minimum Gasteiger partial charge on any atom is -0.508 e. The Morgan fingerprint density at radius 3 is 1.74 bits per heavy atom. The second kappa shape index (κ2) is 19.6. The van der Waals surface area contributed by atoms with E-state index in [1.54, 1.807) is 0 Å². The van der Waals surface area contributed by atoms with Gasteiger partial charge in [-0.1, -0.05) is 0 Å². The molecule has 0 radical (unpaired) electrons. The Bertz CT molecular complexity index is 2170. The first-order valence-corrected chi connectivity index (χ1v) is 20.0. The van der Waals surface area contributed by atoms with Gasteiger partial charge in [-0.15, -0.1) is 0 Å². The van der Waals surface area contributed by atoms with E-state index in [2.05, 4.69) is 0 Å². The maximum absolute atomic E-state index is 14.2. The lowest BCUT2D eigenvalue weighted by Crippen LogP contribution is -2.67. The second-order valence-corrected chi connectivity index (χ2v) is 15.9. The van der Waals surface area contributed by atoms with Gasteiger partial charge in [0.05, 0.1) is 25.9 Å². The minimum absolute atomic E-state index is 0.160. The quantitative estimate of drug-likeness (QED) is 0.0752. The summed E-state index contributed by atoms with van der Waals surface area (Å²) >= 11 is 0. The molecule has 362 valence electrons. The van der Waals surface area contributed by atoms with Gasteiger partial charge in [0.25, 0.3) is 0 Å². The van der Waals surface area contributed by atoms with E-state index in [-0.39, 0.29) is 5.56 Å². The molecule has 16 N–H and O–H groups in total. The number of benzene rings is 2. The number of hydrogen-bond donors (Lipinski definition) is 16. The number of fused-ring (bicyclic) bond motifs is 1. The van der Waals surface area contributed by atoms with Gasteiger partial charge in [-0.25, -0.2) is 0 Å². The number of aliphatic hydroxyl groups excluding tert-OH is 12. The van der Waals surface area contributed by atoms with Crippen molar-refractivity contribution >= 4 is 11.0 Å². The van der Waals surface area contributed by atoms with Gasteiger partial charge in [0.15, 0.2) is 42.2 Å². The summed E-state index contributed by atoms with van der Waals surface area (Å²) in [5.74, 6) is -4.04. The molecule has 4 fully saturated rings. The molecule has 0 aliphatic carbocycles. The van der Waals surface area contributed by atoms with Crippen LogP contribution in [0.2, 0.25) is 0 Å². The van der Waals surface area contributed by atoms with E-state index in [1.807, 2.05) is 0 Å². The number of aromatic hydroxyl groups is 4. The van der Waals surface area contributed by atoms with Crippen LogP contribution in [0.1, 0.15) is 6.92 Å². The highest BCUT2D eigenvalue weighted by atomic mass is 16.8. The van der Waals surface area contributed by atoms with Crippen molar-refractivity contribution in [3.8, 4) is 40.1 Å². The smallest absolute Gasteiger partial charge is 0.239 e. The van der Waals surface area contributed by atoms with Gasteiger partial charge >= 0.3 is 0 Å². The zero-order valence-corrected chi connectivity index (χ0v) is 33.8. The first kappa shape index (κ1) is 48.8. The summed E-state index contributed by atoms with van der Waals surface area (Å²) in [6.45, 7) is -1.34. The third-order valence-electron chi connectivity index (χ3n) is 11.5. The minimum atomic E-state index is -2.18.